The first-order valence-corrected chi connectivity index (χ1v) is 5.26. The van der Waals surface area contributed by atoms with Gasteiger partial charge in [-0.1, -0.05) is 38.8 Å². The molecule has 0 atom stereocenters. The molecule has 1 aromatic rings. The van der Waals surface area contributed by atoms with Crippen molar-refractivity contribution in [3.05, 3.63) is 16.9 Å². The monoisotopic (exact) mass is 200 g/mol. The molecule has 13 heavy (non-hydrogen) atoms. The molecule has 3 heteroatoms. The summed E-state index contributed by atoms with van der Waals surface area (Å²) >= 11 is 6.03. The number of halogens is 1. The lowest BCUT2D eigenvalue weighted by atomic mass is 10.1. The van der Waals surface area contributed by atoms with Gasteiger partial charge in [-0.05, 0) is 18.4 Å². The zero-order valence-electron chi connectivity index (χ0n) is 8.55. The third-order valence-electron chi connectivity index (χ3n) is 2.06. The molecule has 0 aliphatic heterocycles. The van der Waals surface area contributed by atoms with Crippen LogP contribution in [0.2, 0.25) is 5.15 Å². The van der Waals surface area contributed by atoms with Crippen LogP contribution in [0.1, 0.15) is 45.2 Å². The fourth-order valence-electron chi connectivity index (χ4n) is 1.16. The number of unbranched alkanes of at least 4 members (excludes halogenated alkanes) is 1. The van der Waals surface area contributed by atoms with Gasteiger partial charge in [-0.15, -0.1) is 0 Å². The van der Waals surface area contributed by atoms with Gasteiger partial charge < -0.3 is 0 Å². The van der Waals surface area contributed by atoms with Crippen LogP contribution in [0, 0.1) is 0 Å². The molecule has 0 aromatic carbocycles. The lowest BCUT2D eigenvalue weighted by Crippen LogP contribution is -2.01. The first-order valence-electron chi connectivity index (χ1n) is 4.88. The van der Waals surface area contributed by atoms with Crippen molar-refractivity contribution >= 4 is 11.6 Å². The molecule has 0 radical (unpaired) electrons. The fraction of sp³-hybridized carbons (Fsp3) is 0.700. The molecule has 1 aromatic heterocycles. The van der Waals surface area contributed by atoms with Crippen LogP contribution in [0.4, 0.5) is 0 Å². The Kier molecular flexibility index (Phi) is 3.79. The zero-order valence-corrected chi connectivity index (χ0v) is 9.30. The minimum absolute atomic E-state index is 0.459. The highest BCUT2D eigenvalue weighted by molar-refractivity contribution is 6.29. The predicted molar refractivity (Wildman–Crippen MR) is 56.2 cm³/mol. The Balaban J connectivity index is 2.71. The standard InChI is InChI=1S/C10H17ClN2/c1-4-5-6-13-10(11)7-9(12-13)8(2)3/h7-8H,4-6H2,1-3H3. The Labute approximate surface area is 84.9 Å². The van der Waals surface area contributed by atoms with E-state index in [0.29, 0.717) is 5.92 Å². The summed E-state index contributed by atoms with van der Waals surface area (Å²) in [5, 5.41) is 5.19. The number of aromatic nitrogens is 2. The number of hydrogen-bond acceptors (Lipinski definition) is 1. The fourth-order valence-corrected chi connectivity index (χ4v) is 1.39. The average molecular weight is 201 g/mol. The summed E-state index contributed by atoms with van der Waals surface area (Å²) in [5.41, 5.74) is 1.08. The summed E-state index contributed by atoms with van der Waals surface area (Å²) in [5.74, 6) is 0.459. The van der Waals surface area contributed by atoms with Crippen molar-refractivity contribution in [2.24, 2.45) is 0 Å². The van der Waals surface area contributed by atoms with E-state index in [4.69, 9.17) is 11.6 Å². The molecule has 1 rings (SSSR count). The van der Waals surface area contributed by atoms with Crippen molar-refractivity contribution < 1.29 is 0 Å². The van der Waals surface area contributed by atoms with Gasteiger partial charge in [0.15, 0.2) is 0 Å². The van der Waals surface area contributed by atoms with Gasteiger partial charge in [0, 0.05) is 6.54 Å². The molecule has 2 nitrogen and oxygen atoms in total. The van der Waals surface area contributed by atoms with Gasteiger partial charge in [0.2, 0.25) is 0 Å². The van der Waals surface area contributed by atoms with E-state index in [2.05, 4.69) is 25.9 Å². The molecule has 0 spiro atoms. The highest BCUT2D eigenvalue weighted by Gasteiger charge is 2.07. The van der Waals surface area contributed by atoms with Gasteiger partial charge >= 0.3 is 0 Å². The van der Waals surface area contributed by atoms with Crippen molar-refractivity contribution in [2.75, 3.05) is 0 Å². The Hall–Kier alpha value is -0.500. The minimum Gasteiger partial charge on any atom is -0.254 e. The van der Waals surface area contributed by atoms with Crippen LogP contribution < -0.4 is 0 Å². The summed E-state index contributed by atoms with van der Waals surface area (Å²) < 4.78 is 1.89. The smallest absolute Gasteiger partial charge is 0.127 e. The van der Waals surface area contributed by atoms with Crippen LogP contribution in [0.25, 0.3) is 0 Å². The molecule has 0 aliphatic rings. The van der Waals surface area contributed by atoms with Crippen LogP contribution in [-0.4, -0.2) is 9.78 Å². The molecule has 0 N–H and O–H groups in total. The molecular weight excluding hydrogens is 184 g/mol. The molecule has 0 fully saturated rings. The Morgan fingerprint density at radius 1 is 1.54 bits per heavy atom. The lowest BCUT2D eigenvalue weighted by molar-refractivity contribution is 0.561. The van der Waals surface area contributed by atoms with E-state index >= 15 is 0 Å². The van der Waals surface area contributed by atoms with Gasteiger partial charge in [0.25, 0.3) is 0 Å². The van der Waals surface area contributed by atoms with E-state index in [1.54, 1.807) is 0 Å². The van der Waals surface area contributed by atoms with Crippen molar-refractivity contribution in [3.63, 3.8) is 0 Å². The summed E-state index contributed by atoms with van der Waals surface area (Å²) in [6.45, 7) is 7.36. The highest BCUT2D eigenvalue weighted by Crippen LogP contribution is 2.18. The SMILES string of the molecule is CCCCn1nc(C(C)C)cc1Cl. The van der Waals surface area contributed by atoms with E-state index in [-0.39, 0.29) is 0 Å². The number of aryl methyl sites for hydroxylation is 1. The maximum atomic E-state index is 6.03. The van der Waals surface area contributed by atoms with Gasteiger partial charge in [-0.3, -0.25) is 4.68 Å². The summed E-state index contributed by atoms with van der Waals surface area (Å²) in [4.78, 5) is 0. The van der Waals surface area contributed by atoms with Crippen LogP contribution in [0.5, 0.6) is 0 Å². The summed E-state index contributed by atoms with van der Waals surface area (Å²) in [7, 11) is 0. The van der Waals surface area contributed by atoms with Crippen molar-refractivity contribution in [1.82, 2.24) is 9.78 Å². The van der Waals surface area contributed by atoms with Crippen LogP contribution >= 0.6 is 11.6 Å². The van der Waals surface area contributed by atoms with Gasteiger partial charge in [0.05, 0.1) is 5.69 Å². The first-order chi connectivity index (χ1) is 6.15. The molecule has 0 saturated heterocycles. The second-order valence-electron chi connectivity index (χ2n) is 3.62. The highest BCUT2D eigenvalue weighted by atomic mass is 35.5. The molecule has 0 bridgehead atoms. The third kappa shape index (κ3) is 2.73. The van der Waals surface area contributed by atoms with E-state index in [0.717, 1.165) is 23.8 Å². The molecular formula is C10H17ClN2. The topological polar surface area (TPSA) is 17.8 Å². The Bertz CT molecular complexity index is 266. The van der Waals surface area contributed by atoms with Crippen LogP contribution in [0.15, 0.2) is 6.07 Å². The number of hydrogen-bond donors (Lipinski definition) is 0. The maximum absolute atomic E-state index is 6.03. The Morgan fingerprint density at radius 3 is 2.69 bits per heavy atom. The lowest BCUT2D eigenvalue weighted by Gasteiger charge is -2.01. The minimum atomic E-state index is 0.459. The summed E-state index contributed by atoms with van der Waals surface area (Å²) in [6, 6.07) is 1.96. The largest absolute Gasteiger partial charge is 0.254 e. The van der Waals surface area contributed by atoms with Gasteiger partial charge in [0.1, 0.15) is 5.15 Å². The van der Waals surface area contributed by atoms with E-state index in [1.165, 1.54) is 6.42 Å². The normalized spacial score (nSPS) is 11.2. The van der Waals surface area contributed by atoms with E-state index in [1.807, 2.05) is 10.7 Å². The predicted octanol–water partition coefficient (Wildman–Crippen LogP) is 3.46. The average Bonchev–Trinajstić information content (AvgIpc) is 2.44. The third-order valence-corrected chi connectivity index (χ3v) is 2.37. The maximum Gasteiger partial charge on any atom is 0.127 e. The second-order valence-corrected chi connectivity index (χ2v) is 4.01. The van der Waals surface area contributed by atoms with Crippen molar-refractivity contribution in [1.29, 1.82) is 0 Å². The van der Waals surface area contributed by atoms with Crippen molar-refractivity contribution in [2.45, 2.75) is 46.1 Å². The second kappa shape index (κ2) is 4.66. The van der Waals surface area contributed by atoms with Gasteiger partial charge in [-0.2, -0.15) is 5.10 Å². The van der Waals surface area contributed by atoms with E-state index in [9.17, 15) is 0 Å². The van der Waals surface area contributed by atoms with Crippen LogP contribution in [0.3, 0.4) is 0 Å². The van der Waals surface area contributed by atoms with Crippen molar-refractivity contribution in [3.8, 4) is 0 Å². The molecule has 74 valence electrons. The number of rotatable bonds is 4. The van der Waals surface area contributed by atoms with Crippen LogP contribution in [-0.2, 0) is 6.54 Å². The molecule has 0 aliphatic carbocycles. The number of nitrogens with zero attached hydrogens (tertiary/aromatic N) is 2. The molecule has 0 saturated carbocycles. The molecule has 0 amide bonds. The van der Waals surface area contributed by atoms with Gasteiger partial charge in [-0.25, -0.2) is 0 Å². The zero-order chi connectivity index (χ0) is 9.84. The molecule has 1 heterocycles. The van der Waals surface area contributed by atoms with E-state index < -0.39 is 0 Å². The first kappa shape index (κ1) is 10.6. The Morgan fingerprint density at radius 2 is 2.23 bits per heavy atom. The molecule has 0 unspecified atom stereocenters. The quantitative estimate of drug-likeness (QED) is 0.728. The summed E-state index contributed by atoms with van der Waals surface area (Å²) in [6.07, 6.45) is 2.31.